The first-order valence-electron chi connectivity index (χ1n) is 7.88. The Morgan fingerprint density at radius 2 is 1.83 bits per heavy atom. The van der Waals surface area contributed by atoms with Crippen LogP contribution in [-0.4, -0.2) is 30.3 Å². The molecule has 0 amide bonds. The first kappa shape index (κ1) is 12.7. The van der Waals surface area contributed by atoms with E-state index in [-0.39, 0.29) is 0 Å². The molecule has 0 spiro atoms. The van der Waals surface area contributed by atoms with Crippen molar-refractivity contribution in [1.82, 2.24) is 4.90 Å². The molecule has 5 atom stereocenters. The summed E-state index contributed by atoms with van der Waals surface area (Å²) in [6.07, 6.45) is 6.39. The molecule has 3 rings (SSSR count). The highest BCUT2D eigenvalue weighted by atomic mass is 16.1. The Bertz CT molecular complexity index is 315. The van der Waals surface area contributed by atoms with Crippen LogP contribution in [0.2, 0.25) is 0 Å². The molecule has 0 aromatic carbocycles. The first-order valence-corrected chi connectivity index (χ1v) is 7.88. The van der Waals surface area contributed by atoms with Crippen LogP contribution < -0.4 is 0 Å². The van der Waals surface area contributed by atoms with E-state index in [2.05, 4.69) is 18.7 Å². The zero-order valence-electron chi connectivity index (χ0n) is 11.9. The summed E-state index contributed by atoms with van der Waals surface area (Å²) < 4.78 is 0. The van der Waals surface area contributed by atoms with Gasteiger partial charge in [-0.15, -0.1) is 0 Å². The maximum Gasteiger partial charge on any atom is 0.137 e. The van der Waals surface area contributed by atoms with Crippen molar-refractivity contribution < 1.29 is 4.79 Å². The van der Waals surface area contributed by atoms with Crippen LogP contribution in [0.15, 0.2) is 0 Å². The molecule has 0 aromatic heterocycles. The highest BCUT2D eigenvalue weighted by Crippen LogP contribution is 2.39. The molecule has 2 aliphatic carbocycles. The largest absolute Gasteiger partial charge is 0.302 e. The number of likely N-dealkylation sites (tertiary alicyclic amines) is 1. The van der Waals surface area contributed by atoms with Crippen LogP contribution in [-0.2, 0) is 4.79 Å². The molecule has 102 valence electrons. The highest BCUT2D eigenvalue weighted by Gasteiger charge is 2.39. The number of carbonyl (C=O) groups excluding carboxylic acids is 1. The molecule has 0 N–H and O–H groups in total. The Morgan fingerprint density at radius 3 is 2.44 bits per heavy atom. The predicted octanol–water partition coefficient (Wildman–Crippen LogP) is 2.97. The lowest BCUT2D eigenvalue weighted by Gasteiger charge is -2.34. The average Bonchev–Trinajstić information content (AvgIpc) is 2.83. The number of rotatable bonds is 2. The Balaban J connectivity index is 1.58. The Morgan fingerprint density at radius 1 is 1.17 bits per heavy atom. The molecule has 0 bridgehead atoms. The number of hydrogen-bond donors (Lipinski definition) is 0. The maximum atomic E-state index is 12.2. The summed E-state index contributed by atoms with van der Waals surface area (Å²) in [5.74, 6) is 4.00. The number of fused-ring (bicyclic) bond motifs is 1. The van der Waals surface area contributed by atoms with Crippen molar-refractivity contribution in [3.05, 3.63) is 0 Å². The minimum atomic E-state index is 0.333. The van der Waals surface area contributed by atoms with Gasteiger partial charge in [0.15, 0.2) is 0 Å². The second kappa shape index (κ2) is 4.96. The number of Topliss-reactive ketones (excluding diaryl/α,β-unsaturated/α-hetero) is 1. The van der Waals surface area contributed by atoms with Gasteiger partial charge in [0.05, 0.1) is 0 Å². The van der Waals surface area contributed by atoms with E-state index in [4.69, 9.17) is 0 Å². The number of carbonyl (C=O) groups is 1. The lowest BCUT2D eigenvalue weighted by atomic mass is 9.74. The van der Waals surface area contributed by atoms with E-state index < -0.39 is 0 Å². The topological polar surface area (TPSA) is 20.3 Å². The van der Waals surface area contributed by atoms with Gasteiger partial charge in [-0.2, -0.15) is 0 Å². The van der Waals surface area contributed by atoms with Gasteiger partial charge in [-0.1, -0.05) is 20.3 Å². The summed E-state index contributed by atoms with van der Waals surface area (Å²) in [7, 11) is 0. The van der Waals surface area contributed by atoms with Crippen LogP contribution in [0.4, 0.5) is 0 Å². The van der Waals surface area contributed by atoms with Crippen molar-refractivity contribution in [2.45, 2.75) is 46.0 Å². The molecule has 3 aliphatic rings. The van der Waals surface area contributed by atoms with Crippen LogP contribution in [0.5, 0.6) is 0 Å². The Hall–Kier alpha value is -0.370. The molecule has 2 nitrogen and oxygen atoms in total. The standard InChI is InChI=1S/C16H27NO/c1-11-6-12(2)15(16(18)7-11)10-17-8-13-4-3-5-14(13)9-17/h11-15H,3-10H2,1-2H3. The van der Waals surface area contributed by atoms with Gasteiger partial charge < -0.3 is 4.90 Å². The molecule has 0 aromatic rings. The van der Waals surface area contributed by atoms with Crippen LogP contribution in [0.3, 0.4) is 0 Å². The summed E-state index contributed by atoms with van der Waals surface area (Å²) in [6, 6.07) is 0. The lowest BCUT2D eigenvalue weighted by Crippen LogP contribution is -2.39. The molecule has 5 unspecified atom stereocenters. The highest BCUT2D eigenvalue weighted by molar-refractivity contribution is 5.82. The van der Waals surface area contributed by atoms with Crippen molar-refractivity contribution in [2.75, 3.05) is 19.6 Å². The second-order valence-electron chi connectivity index (χ2n) is 7.26. The predicted molar refractivity (Wildman–Crippen MR) is 73.3 cm³/mol. The van der Waals surface area contributed by atoms with Gasteiger partial charge in [0.1, 0.15) is 5.78 Å². The maximum absolute atomic E-state index is 12.2. The van der Waals surface area contributed by atoms with Crippen molar-refractivity contribution in [1.29, 1.82) is 0 Å². The molecular weight excluding hydrogens is 222 g/mol. The number of ketones is 1. The van der Waals surface area contributed by atoms with Crippen LogP contribution >= 0.6 is 0 Å². The lowest BCUT2D eigenvalue weighted by molar-refractivity contribution is -0.128. The number of nitrogens with zero attached hydrogens (tertiary/aromatic N) is 1. The normalized spacial score (nSPS) is 45.4. The van der Waals surface area contributed by atoms with E-state index in [1.54, 1.807) is 0 Å². The third-order valence-corrected chi connectivity index (χ3v) is 5.68. The summed E-state index contributed by atoms with van der Waals surface area (Å²) in [5.41, 5.74) is 0. The van der Waals surface area contributed by atoms with Crippen LogP contribution in [0.1, 0.15) is 46.0 Å². The summed E-state index contributed by atoms with van der Waals surface area (Å²) >= 11 is 0. The zero-order valence-corrected chi connectivity index (χ0v) is 11.9. The molecule has 1 heterocycles. The summed E-state index contributed by atoms with van der Waals surface area (Å²) in [4.78, 5) is 14.8. The first-order chi connectivity index (χ1) is 8.63. The second-order valence-corrected chi connectivity index (χ2v) is 7.26. The van der Waals surface area contributed by atoms with E-state index in [1.807, 2.05) is 0 Å². The van der Waals surface area contributed by atoms with Crippen molar-refractivity contribution in [3.63, 3.8) is 0 Å². The van der Waals surface area contributed by atoms with Crippen molar-refractivity contribution >= 4 is 5.78 Å². The molecule has 3 fully saturated rings. The fraction of sp³-hybridized carbons (Fsp3) is 0.938. The Kier molecular flexibility index (Phi) is 3.48. The van der Waals surface area contributed by atoms with E-state index in [1.165, 1.54) is 38.8 Å². The van der Waals surface area contributed by atoms with E-state index in [9.17, 15) is 4.79 Å². The zero-order chi connectivity index (χ0) is 12.7. The van der Waals surface area contributed by atoms with E-state index in [0.717, 1.165) is 24.8 Å². The summed E-state index contributed by atoms with van der Waals surface area (Å²) in [5, 5.41) is 0. The molecule has 2 saturated carbocycles. The molecule has 1 aliphatic heterocycles. The van der Waals surface area contributed by atoms with Gasteiger partial charge >= 0.3 is 0 Å². The van der Waals surface area contributed by atoms with Gasteiger partial charge in [-0.25, -0.2) is 0 Å². The molecule has 0 radical (unpaired) electrons. The van der Waals surface area contributed by atoms with E-state index in [0.29, 0.717) is 23.5 Å². The van der Waals surface area contributed by atoms with Gasteiger partial charge in [0.25, 0.3) is 0 Å². The SMILES string of the molecule is CC1CC(=O)C(CN2CC3CCCC3C2)C(C)C1. The fourth-order valence-corrected chi connectivity index (χ4v) is 4.74. The fourth-order valence-electron chi connectivity index (χ4n) is 4.74. The smallest absolute Gasteiger partial charge is 0.137 e. The third kappa shape index (κ3) is 2.36. The number of hydrogen-bond acceptors (Lipinski definition) is 2. The van der Waals surface area contributed by atoms with Crippen LogP contribution in [0, 0.1) is 29.6 Å². The van der Waals surface area contributed by atoms with Gasteiger partial charge in [0.2, 0.25) is 0 Å². The van der Waals surface area contributed by atoms with E-state index >= 15 is 0 Å². The minimum absolute atomic E-state index is 0.333. The minimum Gasteiger partial charge on any atom is -0.302 e. The van der Waals surface area contributed by atoms with Crippen molar-refractivity contribution in [3.8, 4) is 0 Å². The molecular formula is C16H27NO. The van der Waals surface area contributed by atoms with Crippen molar-refractivity contribution in [2.24, 2.45) is 29.6 Å². The van der Waals surface area contributed by atoms with Gasteiger partial charge in [-0.3, -0.25) is 4.79 Å². The molecule has 2 heteroatoms. The monoisotopic (exact) mass is 249 g/mol. The summed E-state index contributed by atoms with van der Waals surface area (Å²) in [6.45, 7) is 8.12. The van der Waals surface area contributed by atoms with Crippen LogP contribution in [0.25, 0.3) is 0 Å². The van der Waals surface area contributed by atoms with Gasteiger partial charge in [-0.05, 0) is 42.9 Å². The molecule has 18 heavy (non-hydrogen) atoms. The molecule has 1 saturated heterocycles. The quantitative estimate of drug-likeness (QED) is 0.750. The Labute approximate surface area is 111 Å². The van der Waals surface area contributed by atoms with Gasteiger partial charge in [0, 0.05) is 32.0 Å². The third-order valence-electron chi connectivity index (χ3n) is 5.68. The average molecular weight is 249 g/mol.